The Hall–Kier alpha value is -1.56. The molecule has 0 heterocycles. The quantitative estimate of drug-likeness (QED) is 0.368. The number of hydrogen-bond donors (Lipinski definition) is 3. The minimum atomic E-state index is -1.80. The first-order valence-electron chi connectivity index (χ1n) is 5.96. The molecule has 1 aromatic rings. The fourth-order valence-corrected chi connectivity index (χ4v) is 1.51. The Morgan fingerprint density at radius 1 is 1.39 bits per heavy atom. The monoisotopic (exact) mass is 253 g/mol. The molecule has 5 heteroatoms. The van der Waals surface area contributed by atoms with E-state index in [2.05, 4.69) is 0 Å². The van der Waals surface area contributed by atoms with Gasteiger partial charge in [-0.05, 0) is 6.92 Å². The van der Waals surface area contributed by atoms with Crippen LogP contribution in [0.25, 0.3) is 0 Å². The zero-order valence-corrected chi connectivity index (χ0v) is 9.91. The van der Waals surface area contributed by atoms with Crippen molar-refractivity contribution < 1.29 is 26.3 Å². The van der Waals surface area contributed by atoms with Crippen molar-refractivity contribution in [2.45, 2.75) is 19.1 Å². The average molecular weight is 253 g/mol. The van der Waals surface area contributed by atoms with Gasteiger partial charge in [0, 0.05) is 5.56 Å². The van der Waals surface area contributed by atoms with Gasteiger partial charge in [-0.15, -0.1) is 0 Å². The molecule has 98 valence electrons. The summed E-state index contributed by atoms with van der Waals surface area (Å²) in [5.74, 6) is -2.45. The molecule has 18 heavy (non-hydrogen) atoms. The van der Waals surface area contributed by atoms with Gasteiger partial charge < -0.3 is 20.1 Å². The first-order valence-corrected chi connectivity index (χ1v) is 5.46. The molecular weight excluding hydrogens is 236 g/mol. The zero-order valence-electron chi connectivity index (χ0n) is 10.9. The van der Waals surface area contributed by atoms with E-state index < -0.39 is 36.8 Å². The predicted molar refractivity (Wildman–Crippen MR) is 64.2 cm³/mol. The van der Waals surface area contributed by atoms with Crippen LogP contribution in [0.3, 0.4) is 0 Å². The molecule has 1 aromatic carbocycles. The van der Waals surface area contributed by atoms with Crippen LogP contribution in [-0.4, -0.2) is 46.2 Å². The van der Waals surface area contributed by atoms with E-state index >= 15 is 0 Å². The molecular formula is C13H16O5. The summed E-state index contributed by atoms with van der Waals surface area (Å²) in [5.41, 5.74) is 1.08. The highest BCUT2D eigenvalue weighted by molar-refractivity contribution is 6.05. The van der Waals surface area contributed by atoms with Gasteiger partial charge in [0.05, 0.1) is 12.7 Å². The van der Waals surface area contributed by atoms with Gasteiger partial charge in [0.25, 0.3) is 0 Å². The van der Waals surface area contributed by atoms with Gasteiger partial charge in [-0.3, -0.25) is 4.79 Å². The lowest BCUT2D eigenvalue weighted by Crippen LogP contribution is -2.40. The Morgan fingerprint density at radius 2 is 1.94 bits per heavy atom. The van der Waals surface area contributed by atoms with E-state index in [1.165, 1.54) is 12.1 Å². The van der Waals surface area contributed by atoms with Gasteiger partial charge in [-0.2, -0.15) is 0 Å². The van der Waals surface area contributed by atoms with Crippen molar-refractivity contribution in [2.75, 3.05) is 6.61 Å². The second-order valence-electron chi connectivity index (χ2n) is 4.07. The van der Waals surface area contributed by atoms with E-state index in [1.807, 2.05) is 6.92 Å². The number of aldehydes is 1. The minimum Gasteiger partial charge on any atom is -0.394 e. The maximum absolute atomic E-state index is 12.1. The first kappa shape index (κ1) is 12.9. The number of ketones is 1. The molecule has 3 atom stereocenters. The van der Waals surface area contributed by atoms with Crippen LogP contribution < -0.4 is 0 Å². The summed E-state index contributed by atoms with van der Waals surface area (Å²) in [6.07, 6.45) is -4.75. The summed E-state index contributed by atoms with van der Waals surface area (Å²) in [4.78, 5) is 23.2. The molecule has 5 nitrogen and oxygen atoms in total. The number of carbonyl (C=O) groups excluding carboxylic acids is 2. The van der Waals surface area contributed by atoms with Crippen LogP contribution in [0.2, 0.25) is 0 Å². The fourth-order valence-electron chi connectivity index (χ4n) is 1.51. The highest BCUT2D eigenvalue weighted by Crippen LogP contribution is 2.14. The lowest BCUT2D eigenvalue weighted by atomic mass is 9.91. The maximum Gasteiger partial charge on any atom is 0.175 e. The average Bonchev–Trinajstić information content (AvgIpc) is 2.38. The molecule has 0 bridgehead atoms. The standard InChI is InChI=1S/C13H16O5/c1-8-2-4-9(5-3-8)12(17)10(6-14)13(18)11(16)7-15/h2-6,10-11,13,15-16,18H,7H2,1H3/t10-,11-,13+/m1/s1/i6D. The topological polar surface area (TPSA) is 94.8 Å². The van der Waals surface area contributed by atoms with E-state index in [4.69, 9.17) is 6.48 Å². The van der Waals surface area contributed by atoms with E-state index in [0.29, 0.717) is 0 Å². The van der Waals surface area contributed by atoms with Crippen LogP contribution in [0.5, 0.6) is 0 Å². The summed E-state index contributed by atoms with van der Waals surface area (Å²) in [6.45, 7) is 1.03. The van der Waals surface area contributed by atoms with Crippen LogP contribution in [0, 0.1) is 12.8 Å². The minimum absolute atomic E-state index is 0.167. The molecule has 0 unspecified atom stereocenters. The number of carbonyl (C=O) groups is 2. The number of hydrogen-bond acceptors (Lipinski definition) is 5. The summed E-state index contributed by atoms with van der Waals surface area (Å²) in [5, 5.41) is 27.7. The Labute approximate surface area is 106 Å². The van der Waals surface area contributed by atoms with Crippen LogP contribution in [-0.2, 0) is 4.79 Å². The number of aliphatic hydroxyl groups is 3. The van der Waals surface area contributed by atoms with Crippen molar-refractivity contribution in [3.05, 3.63) is 35.4 Å². The third-order valence-electron chi connectivity index (χ3n) is 2.67. The third-order valence-corrected chi connectivity index (χ3v) is 2.67. The molecule has 3 N–H and O–H groups in total. The lowest BCUT2D eigenvalue weighted by Gasteiger charge is -2.20. The maximum atomic E-state index is 12.1. The van der Waals surface area contributed by atoms with E-state index in [9.17, 15) is 19.8 Å². The lowest BCUT2D eigenvalue weighted by molar-refractivity contribution is -0.116. The highest BCUT2D eigenvalue weighted by atomic mass is 16.4. The number of aryl methyl sites for hydroxylation is 1. The first-order chi connectivity index (χ1) is 8.88. The highest BCUT2D eigenvalue weighted by Gasteiger charge is 2.32. The largest absolute Gasteiger partial charge is 0.394 e. The van der Waals surface area contributed by atoms with Gasteiger partial charge in [0.1, 0.15) is 19.7 Å². The second-order valence-corrected chi connectivity index (χ2v) is 4.07. The second kappa shape index (κ2) is 6.39. The van der Waals surface area contributed by atoms with Crippen molar-refractivity contribution in [3.63, 3.8) is 0 Å². The third kappa shape index (κ3) is 3.22. The van der Waals surface area contributed by atoms with Gasteiger partial charge in [-0.25, -0.2) is 0 Å². The number of rotatable bonds is 6. The molecule has 0 saturated heterocycles. The number of benzene rings is 1. The Bertz CT molecular complexity index is 457. The van der Waals surface area contributed by atoms with Crippen molar-refractivity contribution in [3.8, 4) is 0 Å². The SMILES string of the molecule is [2H]C(=O)[C@H](C(=O)c1ccc(C)cc1)[C@H](O)[C@H](O)CO. The molecule has 0 aliphatic heterocycles. The van der Waals surface area contributed by atoms with Gasteiger partial charge in [0.2, 0.25) is 0 Å². The molecule has 0 aliphatic rings. The molecule has 0 amide bonds. The van der Waals surface area contributed by atoms with Crippen LogP contribution in [0.4, 0.5) is 0 Å². The van der Waals surface area contributed by atoms with Crippen LogP contribution in [0.1, 0.15) is 17.3 Å². The van der Waals surface area contributed by atoms with E-state index in [1.54, 1.807) is 12.1 Å². The molecule has 0 aromatic heterocycles. The predicted octanol–water partition coefficient (Wildman–Crippen LogP) is -0.293. The Kier molecular flexibility index (Phi) is 4.58. The molecule has 0 spiro atoms. The number of Topliss-reactive ketones (excluding diaryl/α,β-unsaturated/α-hetero) is 1. The van der Waals surface area contributed by atoms with Crippen molar-refractivity contribution in [1.29, 1.82) is 0 Å². The van der Waals surface area contributed by atoms with Crippen molar-refractivity contribution in [1.82, 2.24) is 0 Å². The summed E-state index contributed by atoms with van der Waals surface area (Å²) >= 11 is 0. The van der Waals surface area contributed by atoms with Crippen molar-refractivity contribution >= 4 is 12.0 Å². The molecule has 0 fully saturated rings. The summed E-state index contributed by atoms with van der Waals surface area (Å²) < 4.78 is 7.04. The van der Waals surface area contributed by atoms with Gasteiger partial charge in [-0.1, -0.05) is 29.8 Å². The smallest absolute Gasteiger partial charge is 0.175 e. The van der Waals surface area contributed by atoms with Crippen LogP contribution >= 0.6 is 0 Å². The summed E-state index contributed by atoms with van der Waals surface area (Å²) in [7, 11) is 0. The van der Waals surface area contributed by atoms with Gasteiger partial charge >= 0.3 is 0 Å². The fraction of sp³-hybridized carbons (Fsp3) is 0.385. The van der Waals surface area contributed by atoms with E-state index in [-0.39, 0.29) is 5.56 Å². The van der Waals surface area contributed by atoms with E-state index in [0.717, 1.165) is 5.56 Å². The normalized spacial score (nSPS) is 16.6. The molecule has 0 radical (unpaired) electrons. The summed E-state index contributed by atoms with van der Waals surface area (Å²) in [6, 6.07) is 6.28. The molecule has 1 rings (SSSR count). The van der Waals surface area contributed by atoms with Gasteiger partial charge in [0.15, 0.2) is 5.78 Å². The molecule has 0 saturated carbocycles. The zero-order chi connectivity index (χ0) is 14.6. The Balaban J connectivity index is 3.03. The Morgan fingerprint density at radius 3 is 2.39 bits per heavy atom. The number of aliphatic hydroxyl groups excluding tert-OH is 3. The molecule has 0 aliphatic carbocycles. The van der Waals surface area contributed by atoms with Crippen molar-refractivity contribution in [2.24, 2.45) is 5.92 Å². The van der Waals surface area contributed by atoms with Crippen LogP contribution in [0.15, 0.2) is 24.3 Å².